The van der Waals surface area contributed by atoms with Crippen molar-refractivity contribution < 1.29 is 22.7 Å². The fraction of sp³-hybridized carbons (Fsp3) is 0.364. The van der Waals surface area contributed by atoms with Crippen LogP contribution >= 0.6 is 11.6 Å². The van der Waals surface area contributed by atoms with Crippen molar-refractivity contribution in [2.75, 3.05) is 0 Å². The molecule has 0 aliphatic rings. The maximum atomic E-state index is 13.6. The molecule has 2 N–H and O–H groups in total. The van der Waals surface area contributed by atoms with Gasteiger partial charge in [0.1, 0.15) is 10.9 Å². The molecule has 1 aromatic carbocycles. The van der Waals surface area contributed by atoms with Gasteiger partial charge in [-0.15, -0.1) is 0 Å². The molecule has 0 fully saturated rings. The van der Waals surface area contributed by atoms with Crippen LogP contribution < -0.4 is 4.72 Å². The van der Waals surface area contributed by atoms with Crippen LogP contribution in [0.2, 0.25) is 5.02 Å². The Balaban J connectivity index is 3.10. The zero-order valence-electron chi connectivity index (χ0n) is 10.1. The maximum Gasteiger partial charge on any atom is 0.321 e. The van der Waals surface area contributed by atoms with Crippen molar-refractivity contribution in [3.8, 4) is 0 Å². The van der Waals surface area contributed by atoms with Crippen LogP contribution in [-0.4, -0.2) is 25.5 Å². The third kappa shape index (κ3) is 3.89. The van der Waals surface area contributed by atoms with Crippen LogP contribution in [-0.2, 0) is 14.8 Å². The van der Waals surface area contributed by atoms with Crippen molar-refractivity contribution in [2.45, 2.75) is 30.7 Å². The van der Waals surface area contributed by atoms with E-state index in [2.05, 4.69) is 0 Å². The van der Waals surface area contributed by atoms with Gasteiger partial charge in [0.2, 0.25) is 10.0 Å². The average Bonchev–Trinajstić information content (AvgIpc) is 2.31. The number of nitrogens with one attached hydrogen (secondary N) is 1. The first-order chi connectivity index (χ1) is 8.79. The van der Waals surface area contributed by atoms with Crippen LogP contribution in [0.4, 0.5) is 4.39 Å². The lowest BCUT2D eigenvalue weighted by Crippen LogP contribution is -2.40. The summed E-state index contributed by atoms with van der Waals surface area (Å²) < 4.78 is 39.4. The Morgan fingerprint density at radius 1 is 1.53 bits per heavy atom. The molecular weight excluding hydrogens is 297 g/mol. The van der Waals surface area contributed by atoms with E-state index >= 15 is 0 Å². The predicted octanol–water partition coefficient (Wildman–Crippen LogP) is 2.01. The smallest absolute Gasteiger partial charge is 0.321 e. The number of aliphatic carboxylic acids is 1. The van der Waals surface area contributed by atoms with Crippen molar-refractivity contribution in [1.82, 2.24) is 4.72 Å². The molecule has 0 aromatic heterocycles. The molecule has 0 heterocycles. The van der Waals surface area contributed by atoms with E-state index in [0.29, 0.717) is 6.42 Å². The second-order valence-electron chi connectivity index (χ2n) is 3.85. The molecule has 19 heavy (non-hydrogen) atoms. The lowest BCUT2D eigenvalue weighted by Gasteiger charge is -2.14. The summed E-state index contributed by atoms with van der Waals surface area (Å²) in [4.78, 5) is 10.2. The minimum Gasteiger partial charge on any atom is -0.480 e. The largest absolute Gasteiger partial charge is 0.480 e. The van der Waals surface area contributed by atoms with E-state index in [1.807, 2.05) is 4.72 Å². The second-order valence-corrected chi connectivity index (χ2v) is 5.94. The van der Waals surface area contributed by atoms with E-state index in [0.717, 1.165) is 6.07 Å². The van der Waals surface area contributed by atoms with Crippen LogP contribution in [0.5, 0.6) is 0 Å². The first kappa shape index (κ1) is 15.9. The second kappa shape index (κ2) is 6.31. The topological polar surface area (TPSA) is 83.5 Å². The van der Waals surface area contributed by atoms with Crippen LogP contribution in [0, 0.1) is 5.82 Å². The van der Waals surface area contributed by atoms with Crippen LogP contribution in [0.15, 0.2) is 23.1 Å². The quantitative estimate of drug-likeness (QED) is 0.842. The summed E-state index contributed by atoms with van der Waals surface area (Å²) >= 11 is 5.50. The van der Waals surface area contributed by atoms with Gasteiger partial charge in [-0.1, -0.05) is 31.0 Å². The number of carboxylic acids is 1. The van der Waals surface area contributed by atoms with E-state index in [4.69, 9.17) is 16.7 Å². The number of hydrogen-bond acceptors (Lipinski definition) is 3. The van der Waals surface area contributed by atoms with E-state index < -0.39 is 32.7 Å². The minimum atomic E-state index is -4.27. The maximum absolute atomic E-state index is 13.6. The SMILES string of the molecule is CCC[C@@H](NS(=O)(=O)c1cccc(Cl)c1F)C(=O)O. The third-order valence-electron chi connectivity index (χ3n) is 2.38. The summed E-state index contributed by atoms with van der Waals surface area (Å²) in [6.45, 7) is 1.71. The molecule has 0 bridgehead atoms. The van der Waals surface area contributed by atoms with Crippen molar-refractivity contribution in [2.24, 2.45) is 0 Å². The van der Waals surface area contributed by atoms with Gasteiger partial charge in [0, 0.05) is 0 Å². The molecule has 0 spiro atoms. The molecule has 1 rings (SSSR count). The normalized spacial score (nSPS) is 13.2. The Kier molecular flexibility index (Phi) is 5.28. The summed E-state index contributed by atoms with van der Waals surface area (Å²) in [6, 6.07) is 2.20. The highest BCUT2D eigenvalue weighted by Crippen LogP contribution is 2.22. The van der Waals surface area contributed by atoms with Crippen LogP contribution in [0.25, 0.3) is 0 Å². The van der Waals surface area contributed by atoms with Gasteiger partial charge in [-0.3, -0.25) is 4.79 Å². The number of benzene rings is 1. The van der Waals surface area contributed by atoms with Gasteiger partial charge in [-0.05, 0) is 18.6 Å². The van der Waals surface area contributed by atoms with Gasteiger partial charge in [-0.2, -0.15) is 4.72 Å². The van der Waals surface area contributed by atoms with E-state index in [-0.39, 0.29) is 11.4 Å². The fourth-order valence-corrected chi connectivity index (χ4v) is 3.02. The van der Waals surface area contributed by atoms with Gasteiger partial charge in [0.25, 0.3) is 0 Å². The average molecular weight is 310 g/mol. The Labute approximate surface area is 115 Å². The lowest BCUT2D eigenvalue weighted by molar-refractivity contribution is -0.139. The Morgan fingerprint density at radius 2 is 2.16 bits per heavy atom. The molecule has 1 atom stereocenters. The molecular formula is C11H13ClFNO4S. The van der Waals surface area contributed by atoms with E-state index in [9.17, 15) is 17.6 Å². The number of halogens is 2. The zero-order valence-corrected chi connectivity index (χ0v) is 11.6. The Hall–Kier alpha value is -1.18. The highest BCUT2D eigenvalue weighted by molar-refractivity contribution is 7.89. The Morgan fingerprint density at radius 3 is 2.68 bits per heavy atom. The highest BCUT2D eigenvalue weighted by Gasteiger charge is 2.27. The molecule has 0 amide bonds. The van der Waals surface area contributed by atoms with Gasteiger partial charge >= 0.3 is 5.97 Å². The van der Waals surface area contributed by atoms with Crippen molar-refractivity contribution >= 4 is 27.6 Å². The zero-order chi connectivity index (χ0) is 14.6. The molecule has 0 saturated carbocycles. The molecule has 0 radical (unpaired) electrons. The third-order valence-corrected chi connectivity index (χ3v) is 4.16. The number of rotatable bonds is 6. The van der Waals surface area contributed by atoms with Crippen LogP contribution in [0.1, 0.15) is 19.8 Å². The van der Waals surface area contributed by atoms with Gasteiger partial charge in [0.15, 0.2) is 5.82 Å². The molecule has 8 heteroatoms. The lowest BCUT2D eigenvalue weighted by atomic mass is 10.2. The van der Waals surface area contributed by atoms with Crippen LogP contribution in [0.3, 0.4) is 0 Å². The molecule has 0 aliphatic heterocycles. The summed E-state index contributed by atoms with van der Waals surface area (Å²) in [5.41, 5.74) is 0. The number of carboxylic acid groups (broad SMARTS) is 1. The Bertz CT molecular complexity index is 576. The molecule has 0 saturated heterocycles. The number of sulfonamides is 1. The summed E-state index contributed by atoms with van der Waals surface area (Å²) in [6.07, 6.45) is 0.578. The standard InChI is InChI=1S/C11H13ClFNO4S/c1-2-4-8(11(15)16)14-19(17,18)9-6-3-5-7(12)10(9)13/h3,5-6,8,14H,2,4H2,1H3,(H,15,16)/t8-/m1/s1. The monoisotopic (exact) mass is 309 g/mol. The number of hydrogen-bond donors (Lipinski definition) is 2. The van der Waals surface area contributed by atoms with E-state index in [1.165, 1.54) is 12.1 Å². The minimum absolute atomic E-state index is 0.108. The molecule has 5 nitrogen and oxygen atoms in total. The predicted molar refractivity (Wildman–Crippen MR) is 68.1 cm³/mol. The summed E-state index contributed by atoms with van der Waals surface area (Å²) in [5, 5.41) is 8.55. The first-order valence-electron chi connectivity index (χ1n) is 5.48. The van der Waals surface area contributed by atoms with Crippen molar-refractivity contribution in [1.29, 1.82) is 0 Å². The highest BCUT2D eigenvalue weighted by atomic mass is 35.5. The van der Waals surface area contributed by atoms with Gasteiger partial charge < -0.3 is 5.11 Å². The summed E-state index contributed by atoms with van der Waals surface area (Å²) in [5.74, 6) is -2.41. The summed E-state index contributed by atoms with van der Waals surface area (Å²) in [7, 11) is -4.27. The van der Waals surface area contributed by atoms with E-state index in [1.54, 1.807) is 6.92 Å². The van der Waals surface area contributed by atoms with Crippen molar-refractivity contribution in [3.63, 3.8) is 0 Å². The fourth-order valence-electron chi connectivity index (χ4n) is 1.46. The van der Waals surface area contributed by atoms with Gasteiger partial charge in [-0.25, -0.2) is 12.8 Å². The molecule has 0 aliphatic carbocycles. The number of carbonyl (C=O) groups is 1. The molecule has 0 unspecified atom stereocenters. The van der Waals surface area contributed by atoms with Crippen molar-refractivity contribution in [3.05, 3.63) is 29.0 Å². The van der Waals surface area contributed by atoms with Gasteiger partial charge in [0.05, 0.1) is 5.02 Å². The molecule has 1 aromatic rings. The molecule has 106 valence electrons. The first-order valence-corrected chi connectivity index (χ1v) is 7.35.